The molecule has 3 rings (SSSR count). The molecule has 6 heteroatoms. The summed E-state index contributed by atoms with van der Waals surface area (Å²) in [5.41, 5.74) is 1.93. The van der Waals surface area contributed by atoms with E-state index in [0.29, 0.717) is 0 Å². The van der Waals surface area contributed by atoms with Crippen LogP contribution in [0.3, 0.4) is 0 Å². The van der Waals surface area contributed by atoms with Gasteiger partial charge in [0.2, 0.25) is 5.91 Å². The van der Waals surface area contributed by atoms with Gasteiger partial charge in [-0.25, -0.2) is 0 Å². The number of benzene rings is 1. The highest BCUT2D eigenvalue weighted by molar-refractivity contribution is 5.92. The van der Waals surface area contributed by atoms with E-state index in [9.17, 15) is 4.79 Å². The summed E-state index contributed by atoms with van der Waals surface area (Å²) in [6.45, 7) is 0.746. The van der Waals surface area contributed by atoms with Crippen LogP contribution in [0.25, 0.3) is 6.08 Å². The molecule has 1 aromatic carbocycles. The number of carbonyl (C=O) groups excluding carboxylic acids is 1. The van der Waals surface area contributed by atoms with Gasteiger partial charge in [-0.1, -0.05) is 0 Å². The Kier molecular flexibility index (Phi) is 5.07. The molecule has 0 N–H and O–H groups in total. The second-order valence-electron chi connectivity index (χ2n) is 6.08. The van der Waals surface area contributed by atoms with Crippen LogP contribution in [-0.2, 0) is 11.8 Å². The normalized spacial score (nSPS) is 17.2. The summed E-state index contributed by atoms with van der Waals surface area (Å²) >= 11 is 0. The van der Waals surface area contributed by atoms with Gasteiger partial charge < -0.3 is 14.4 Å². The average Bonchev–Trinajstić information content (AvgIpc) is 3.28. The van der Waals surface area contributed by atoms with E-state index in [-0.39, 0.29) is 11.9 Å². The van der Waals surface area contributed by atoms with E-state index in [0.717, 1.165) is 42.0 Å². The van der Waals surface area contributed by atoms with Gasteiger partial charge in [0, 0.05) is 43.1 Å². The van der Waals surface area contributed by atoms with E-state index in [4.69, 9.17) is 9.47 Å². The number of likely N-dealkylation sites (tertiary alicyclic amines) is 1. The van der Waals surface area contributed by atoms with Crippen LogP contribution in [0.2, 0.25) is 0 Å². The molecule has 132 valence electrons. The SMILES string of the molecule is COc1ccc([C@H]2CCCN2C(=O)/C=C/c2cnn(C)c2)c(OC)c1. The molecule has 1 saturated heterocycles. The van der Waals surface area contributed by atoms with Crippen molar-refractivity contribution in [1.29, 1.82) is 0 Å². The molecule has 0 saturated carbocycles. The lowest BCUT2D eigenvalue weighted by molar-refractivity contribution is -0.126. The Morgan fingerprint density at radius 2 is 2.16 bits per heavy atom. The van der Waals surface area contributed by atoms with E-state index in [1.54, 1.807) is 37.3 Å². The van der Waals surface area contributed by atoms with Crippen molar-refractivity contribution in [2.24, 2.45) is 7.05 Å². The molecular formula is C19H23N3O3. The number of aromatic nitrogens is 2. The zero-order valence-electron chi connectivity index (χ0n) is 14.8. The number of amides is 1. The topological polar surface area (TPSA) is 56.6 Å². The highest BCUT2D eigenvalue weighted by Gasteiger charge is 2.30. The summed E-state index contributed by atoms with van der Waals surface area (Å²) in [5, 5.41) is 4.11. The van der Waals surface area contributed by atoms with Gasteiger partial charge in [-0.15, -0.1) is 0 Å². The number of ether oxygens (including phenoxy) is 2. The first-order valence-electron chi connectivity index (χ1n) is 8.31. The quantitative estimate of drug-likeness (QED) is 0.785. The van der Waals surface area contributed by atoms with Gasteiger partial charge in [0.15, 0.2) is 0 Å². The minimum atomic E-state index is 0.00391. The molecule has 0 unspecified atom stereocenters. The molecule has 1 atom stereocenters. The first-order chi connectivity index (χ1) is 12.1. The van der Waals surface area contributed by atoms with E-state index >= 15 is 0 Å². The van der Waals surface area contributed by atoms with Crippen LogP contribution in [0.5, 0.6) is 11.5 Å². The van der Waals surface area contributed by atoms with Gasteiger partial charge in [-0.3, -0.25) is 9.48 Å². The molecule has 2 aromatic rings. The maximum atomic E-state index is 12.7. The third kappa shape index (κ3) is 3.68. The lowest BCUT2D eigenvalue weighted by atomic mass is 10.0. The third-order valence-electron chi connectivity index (χ3n) is 4.48. The number of methoxy groups -OCH3 is 2. The molecule has 6 nitrogen and oxygen atoms in total. The summed E-state index contributed by atoms with van der Waals surface area (Å²) in [5.74, 6) is 1.50. The number of hydrogen-bond acceptors (Lipinski definition) is 4. The summed E-state index contributed by atoms with van der Waals surface area (Å²) in [4.78, 5) is 14.6. The molecule has 1 fully saturated rings. The van der Waals surface area contributed by atoms with Crippen LogP contribution in [0.1, 0.15) is 30.0 Å². The van der Waals surface area contributed by atoms with Crippen LogP contribution < -0.4 is 9.47 Å². The van der Waals surface area contributed by atoms with Crippen LogP contribution in [0, 0.1) is 0 Å². The summed E-state index contributed by atoms with van der Waals surface area (Å²) < 4.78 is 12.5. The lowest BCUT2D eigenvalue weighted by Crippen LogP contribution is -2.29. The molecule has 1 amide bonds. The average molecular weight is 341 g/mol. The van der Waals surface area contributed by atoms with E-state index < -0.39 is 0 Å². The molecule has 0 spiro atoms. The predicted octanol–water partition coefficient (Wildman–Crippen LogP) is 2.81. The Morgan fingerprint density at radius 3 is 2.84 bits per heavy atom. The monoisotopic (exact) mass is 341 g/mol. The number of carbonyl (C=O) groups is 1. The molecule has 0 radical (unpaired) electrons. The summed E-state index contributed by atoms with van der Waals surface area (Å²) in [6, 6.07) is 5.78. The zero-order chi connectivity index (χ0) is 17.8. The number of nitrogens with zero attached hydrogens (tertiary/aromatic N) is 3. The molecule has 0 aliphatic carbocycles. The maximum absolute atomic E-state index is 12.7. The van der Waals surface area contributed by atoms with Gasteiger partial charge in [-0.05, 0) is 31.1 Å². The Balaban J connectivity index is 1.80. The van der Waals surface area contributed by atoms with Crippen molar-refractivity contribution in [3.63, 3.8) is 0 Å². The van der Waals surface area contributed by atoms with Gasteiger partial charge in [0.25, 0.3) is 0 Å². The molecular weight excluding hydrogens is 318 g/mol. The van der Waals surface area contributed by atoms with Crippen molar-refractivity contribution in [3.05, 3.63) is 47.8 Å². The van der Waals surface area contributed by atoms with Gasteiger partial charge in [0.05, 0.1) is 26.5 Å². The molecule has 25 heavy (non-hydrogen) atoms. The highest BCUT2D eigenvalue weighted by atomic mass is 16.5. The summed E-state index contributed by atoms with van der Waals surface area (Å²) in [7, 11) is 5.12. The lowest BCUT2D eigenvalue weighted by Gasteiger charge is -2.25. The smallest absolute Gasteiger partial charge is 0.247 e. The van der Waals surface area contributed by atoms with E-state index in [1.807, 2.05) is 36.3 Å². The molecule has 2 heterocycles. The van der Waals surface area contributed by atoms with E-state index in [1.165, 1.54) is 0 Å². The van der Waals surface area contributed by atoms with Crippen molar-refractivity contribution < 1.29 is 14.3 Å². The third-order valence-corrected chi connectivity index (χ3v) is 4.48. The van der Waals surface area contributed by atoms with Crippen molar-refractivity contribution in [3.8, 4) is 11.5 Å². The van der Waals surface area contributed by atoms with Crippen molar-refractivity contribution in [2.75, 3.05) is 20.8 Å². The molecule has 1 aliphatic rings. The fourth-order valence-electron chi connectivity index (χ4n) is 3.24. The zero-order valence-corrected chi connectivity index (χ0v) is 14.8. The Labute approximate surface area is 147 Å². The van der Waals surface area contributed by atoms with Crippen molar-refractivity contribution in [1.82, 2.24) is 14.7 Å². The second-order valence-corrected chi connectivity index (χ2v) is 6.08. The second kappa shape index (κ2) is 7.42. The minimum Gasteiger partial charge on any atom is -0.497 e. The van der Waals surface area contributed by atoms with Crippen molar-refractivity contribution >= 4 is 12.0 Å². The van der Waals surface area contributed by atoms with Gasteiger partial charge in [-0.2, -0.15) is 5.10 Å². The predicted molar refractivity (Wildman–Crippen MR) is 95.5 cm³/mol. The van der Waals surface area contributed by atoms with Gasteiger partial charge in [0.1, 0.15) is 11.5 Å². The van der Waals surface area contributed by atoms with Crippen LogP contribution in [0.4, 0.5) is 0 Å². The first-order valence-corrected chi connectivity index (χ1v) is 8.31. The highest BCUT2D eigenvalue weighted by Crippen LogP contribution is 2.38. The van der Waals surface area contributed by atoms with Crippen LogP contribution in [-0.4, -0.2) is 41.4 Å². The fourth-order valence-corrected chi connectivity index (χ4v) is 3.24. The maximum Gasteiger partial charge on any atom is 0.247 e. The number of hydrogen-bond donors (Lipinski definition) is 0. The Bertz CT molecular complexity index is 782. The Hall–Kier alpha value is -2.76. The van der Waals surface area contributed by atoms with Gasteiger partial charge >= 0.3 is 0 Å². The molecule has 1 aliphatic heterocycles. The first kappa shape index (κ1) is 17.1. The molecule has 0 bridgehead atoms. The molecule has 1 aromatic heterocycles. The fraction of sp³-hybridized carbons (Fsp3) is 0.368. The Morgan fingerprint density at radius 1 is 1.32 bits per heavy atom. The van der Waals surface area contributed by atoms with Crippen LogP contribution >= 0.6 is 0 Å². The summed E-state index contributed by atoms with van der Waals surface area (Å²) in [6.07, 6.45) is 8.93. The number of rotatable bonds is 5. The van der Waals surface area contributed by atoms with Crippen LogP contribution in [0.15, 0.2) is 36.7 Å². The van der Waals surface area contributed by atoms with E-state index in [2.05, 4.69) is 5.10 Å². The number of aryl methyl sites for hydroxylation is 1. The minimum absolute atomic E-state index is 0.00391. The largest absolute Gasteiger partial charge is 0.497 e. The standard InChI is InChI=1S/C19H23N3O3/c1-21-13-14(12-20-21)6-9-19(23)22-10-4-5-17(22)16-8-7-15(24-2)11-18(16)25-3/h6-9,11-13,17H,4-5,10H2,1-3H3/b9-6+/t17-/m1/s1. The van der Waals surface area contributed by atoms with Crippen molar-refractivity contribution in [2.45, 2.75) is 18.9 Å².